The first-order valence-electron chi connectivity index (χ1n) is 6.70. The predicted octanol–water partition coefficient (Wildman–Crippen LogP) is 0.960. The Morgan fingerprint density at radius 2 is 2.15 bits per heavy atom. The molecule has 0 aliphatic carbocycles. The maximum absolute atomic E-state index is 12.2. The summed E-state index contributed by atoms with van der Waals surface area (Å²) >= 11 is 0. The third-order valence-electron chi connectivity index (χ3n) is 3.48. The molecule has 0 spiro atoms. The predicted molar refractivity (Wildman–Crippen MR) is 77.5 cm³/mol. The maximum atomic E-state index is 12.2. The van der Waals surface area contributed by atoms with Crippen LogP contribution in [-0.4, -0.2) is 39.2 Å². The van der Waals surface area contributed by atoms with Crippen LogP contribution in [0.3, 0.4) is 0 Å². The molecule has 1 fully saturated rings. The Labute approximate surface area is 119 Å². The molecule has 2 unspecified atom stereocenters. The van der Waals surface area contributed by atoms with Gasteiger partial charge in [0.05, 0.1) is 4.90 Å². The summed E-state index contributed by atoms with van der Waals surface area (Å²) in [4.78, 5) is 12.3. The molecular weight excluding hydrogens is 276 g/mol. The van der Waals surface area contributed by atoms with Gasteiger partial charge in [0.2, 0.25) is 0 Å². The highest BCUT2D eigenvalue weighted by atomic mass is 32.2. The van der Waals surface area contributed by atoms with E-state index in [2.05, 4.69) is 17.6 Å². The number of nitrogens with one attached hydrogen (secondary N) is 2. The Kier molecular flexibility index (Phi) is 4.45. The van der Waals surface area contributed by atoms with Crippen LogP contribution in [0.4, 0.5) is 0 Å². The Balaban J connectivity index is 2.09. The second kappa shape index (κ2) is 5.93. The van der Waals surface area contributed by atoms with Gasteiger partial charge in [0.15, 0.2) is 9.84 Å². The van der Waals surface area contributed by atoms with Crippen molar-refractivity contribution in [1.82, 2.24) is 10.6 Å². The van der Waals surface area contributed by atoms with E-state index in [1.807, 2.05) is 0 Å². The minimum atomic E-state index is -3.29. The van der Waals surface area contributed by atoms with E-state index < -0.39 is 9.84 Å². The lowest BCUT2D eigenvalue weighted by atomic mass is 10.0. The second-order valence-corrected chi connectivity index (χ2v) is 7.37. The molecule has 2 rings (SSSR count). The van der Waals surface area contributed by atoms with Gasteiger partial charge in [-0.05, 0) is 44.5 Å². The Bertz CT molecular complexity index is 598. The molecule has 20 heavy (non-hydrogen) atoms. The molecule has 0 bridgehead atoms. The summed E-state index contributed by atoms with van der Waals surface area (Å²) in [6, 6.07) is 6.68. The summed E-state index contributed by atoms with van der Waals surface area (Å²) in [5, 5.41) is 6.29. The molecule has 1 aliphatic heterocycles. The molecular formula is C14H20N2O3S. The summed E-state index contributed by atoms with van der Waals surface area (Å²) in [6.07, 6.45) is 2.91. The zero-order chi connectivity index (χ0) is 14.8. The highest BCUT2D eigenvalue weighted by Gasteiger charge is 2.21. The highest BCUT2D eigenvalue weighted by molar-refractivity contribution is 7.90. The summed E-state index contributed by atoms with van der Waals surface area (Å²) in [5.74, 6) is -0.213. The number of piperidine rings is 1. The Hall–Kier alpha value is -1.40. The van der Waals surface area contributed by atoms with Crippen molar-refractivity contribution in [3.63, 3.8) is 0 Å². The van der Waals surface area contributed by atoms with Crippen LogP contribution in [0.15, 0.2) is 29.2 Å². The van der Waals surface area contributed by atoms with Crippen molar-refractivity contribution >= 4 is 15.7 Å². The van der Waals surface area contributed by atoms with Crippen molar-refractivity contribution in [3.05, 3.63) is 29.8 Å². The molecule has 6 heteroatoms. The summed E-state index contributed by atoms with van der Waals surface area (Å²) in [5.41, 5.74) is 0.388. The molecule has 110 valence electrons. The first kappa shape index (κ1) is 15.0. The Morgan fingerprint density at radius 1 is 1.40 bits per heavy atom. The molecule has 1 aliphatic rings. The van der Waals surface area contributed by atoms with E-state index in [4.69, 9.17) is 0 Å². The number of sulfone groups is 1. The number of rotatable bonds is 3. The topological polar surface area (TPSA) is 75.3 Å². The summed E-state index contributed by atoms with van der Waals surface area (Å²) in [7, 11) is -3.29. The second-order valence-electron chi connectivity index (χ2n) is 5.35. The molecule has 5 nitrogen and oxygen atoms in total. The largest absolute Gasteiger partial charge is 0.349 e. The zero-order valence-electron chi connectivity index (χ0n) is 11.7. The van der Waals surface area contributed by atoms with Crippen molar-refractivity contribution < 1.29 is 13.2 Å². The van der Waals surface area contributed by atoms with Gasteiger partial charge >= 0.3 is 0 Å². The number of hydrogen-bond donors (Lipinski definition) is 2. The first-order chi connectivity index (χ1) is 9.36. The number of benzene rings is 1. The minimum absolute atomic E-state index is 0.139. The Morgan fingerprint density at radius 3 is 2.80 bits per heavy atom. The van der Waals surface area contributed by atoms with Gasteiger partial charge in [-0.1, -0.05) is 6.07 Å². The highest BCUT2D eigenvalue weighted by Crippen LogP contribution is 2.13. The van der Waals surface area contributed by atoms with Crippen LogP contribution in [0, 0.1) is 0 Å². The van der Waals surface area contributed by atoms with E-state index in [0.717, 1.165) is 25.6 Å². The van der Waals surface area contributed by atoms with Crippen molar-refractivity contribution in [2.45, 2.75) is 36.7 Å². The molecule has 0 saturated carbocycles. The number of hydrogen-bond acceptors (Lipinski definition) is 4. The lowest BCUT2D eigenvalue weighted by Crippen LogP contribution is -2.46. The molecule has 1 aromatic carbocycles. The van der Waals surface area contributed by atoms with Gasteiger partial charge in [0, 0.05) is 23.9 Å². The summed E-state index contributed by atoms with van der Waals surface area (Å²) < 4.78 is 23.0. The molecule has 0 aromatic heterocycles. The average Bonchev–Trinajstić information content (AvgIpc) is 2.38. The normalized spacial score (nSPS) is 23.3. The lowest BCUT2D eigenvalue weighted by molar-refractivity contribution is 0.0925. The molecule has 0 radical (unpaired) electrons. The molecule has 2 atom stereocenters. The van der Waals surface area contributed by atoms with E-state index in [9.17, 15) is 13.2 Å². The van der Waals surface area contributed by atoms with Crippen LogP contribution in [0.25, 0.3) is 0 Å². The van der Waals surface area contributed by atoms with Crippen LogP contribution < -0.4 is 10.6 Å². The molecule has 1 saturated heterocycles. The van der Waals surface area contributed by atoms with E-state index >= 15 is 0 Å². The zero-order valence-corrected chi connectivity index (χ0v) is 12.5. The van der Waals surface area contributed by atoms with Crippen LogP contribution in [-0.2, 0) is 9.84 Å². The van der Waals surface area contributed by atoms with Gasteiger partial charge in [0.1, 0.15) is 0 Å². The molecule has 2 N–H and O–H groups in total. The van der Waals surface area contributed by atoms with Crippen molar-refractivity contribution in [3.8, 4) is 0 Å². The maximum Gasteiger partial charge on any atom is 0.251 e. The molecule has 1 aromatic rings. The fraction of sp³-hybridized carbons (Fsp3) is 0.500. The smallest absolute Gasteiger partial charge is 0.251 e. The average molecular weight is 296 g/mol. The van der Waals surface area contributed by atoms with Gasteiger partial charge in [-0.25, -0.2) is 8.42 Å². The van der Waals surface area contributed by atoms with Crippen LogP contribution in [0.2, 0.25) is 0 Å². The minimum Gasteiger partial charge on any atom is -0.349 e. The molecule has 1 amide bonds. The van der Waals surface area contributed by atoms with Gasteiger partial charge in [-0.2, -0.15) is 0 Å². The number of amides is 1. The monoisotopic (exact) mass is 296 g/mol. The van der Waals surface area contributed by atoms with Crippen LogP contribution in [0.1, 0.15) is 30.1 Å². The third-order valence-corrected chi connectivity index (χ3v) is 4.59. The summed E-state index contributed by atoms with van der Waals surface area (Å²) in [6.45, 7) is 2.97. The van der Waals surface area contributed by atoms with Crippen molar-refractivity contribution in [2.75, 3.05) is 12.8 Å². The quantitative estimate of drug-likeness (QED) is 0.871. The fourth-order valence-corrected chi connectivity index (χ4v) is 3.07. The number of carbonyl (C=O) groups is 1. The number of carbonyl (C=O) groups excluding carboxylic acids is 1. The van der Waals surface area contributed by atoms with Crippen molar-refractivity contribution in [1.29, 1.82) is 0 Å². The van der Waals surface area contributed by atoms with Crippen LogP contribution >= 0.6 is 0 Å². The van der Waals surface area contributed by atoms with Gasteiger partial charge in [-0.15, -0.1) is 0 Å². The van der Waals surface area contributed by atoms with Gasteiger partial charge in [0.25, 0.3) is 5.91 Å². The molecule has 1 heterocycles. The van der Waals surface area contributed by atoms with Gasteiger partial charge in [-0.3, -0.25) is 4.79 Å². The van der Waals surface area contributed by atoms with Gasteiger partial charge < -0.3 is 10.6 Å². The third kappa shape index (κ3) is 3.80. The SMILES string of the molecule is CC1CC(NC(=O)c2cccc(S(C)(=O)=O)c2)CCN1. The van der Waals surface area contributed by atoms with E-state index in [1.54, 1.807) is 12.1 Å². The fourth-order valence-electron chi connectivity index (χ4n) is 2.40. The standard InChI is InChI=1S/C14H20N2O3S/c1-10-8-12(6-7-15-10)16-14(17)11-4-3-5-13(9-11)20(2,18)19/h3-5,9-10,12,15H,6-8H2,1-2H3,(H,16,17). The van der Waals surface area contributed by atoms with E-state index in [1.165, 1.54) is 12.1 Å². The van der Waals surface area contributed by atoms with Crippen LogP contribution in [0.5, 0.6) is 0 Å². The van der Waals surface area contributed by atoms with E-state index in [-0.39, 0.29) is 16.8 Å². The lowest BCUT2D eigenvalue weighted by Gasteiger charge is -2.28. The first-order valence-corrected chi connectivity index (χ1v) is 8.60. The van der Waals surface area contributed by atoms with E-state index in [0.29, 0.717) is 11.6 Å². The van der Waals surface area contributed by atoms with Crippen molar-refractivity contribution in [2.24, 2.45) is 0 Å².